The van der Waals surface area contributed by atoms with E-state index in [2.05, 4.69) is 19.9 Å². The average Bonchev–Trinajstić information content (AvgIpc) is 3.70. The number of nitrogens with zero attached hydrogens (tertiary/aromatic N) is 4. The quantitative estimate of drug-likeness (QED) is 0.455. The van der Waals surface area contributed by atoms with Crippen LogP contribution in [0.5, 0.6) is 17.4 Å². The van der Waals surface area contributed by atoms with Crippen molar-refractivity contribution in [3.63, 3.8) is 0 Å². The molecule has 1 aliphatic carbocycles. The van der Waals surface area contributed by atoms with Gasteiger partial charge in [0.2, 0.25) is 15.9 Å². The number of hydrogen-bond donors (Lipinski definition) is 1. The average molecular weight is 566 g/mol. The van der Waals surface area contributed by atoms with Gasteiger partial charge in [-0.1, -0.05) is 11.6 Å². The molecule has 0 atom stereocenters. The molecule has 2 fully saturated rings. The Morgan fingerprint density at radius 2 is 1.97 bits per heavy atom. The van der Waals surface area contributed by atoms with Gasteiger partial charge in [-0.25, -0.2) is 27.0 Å². The highest BCUT2D eigenvalue weighted by atomic mass is 35.5. The van der Waals surface area contributed by atoms with Gasteiger partial charge in [0.1, 0.15) is 11.3 Å². The van der Waals surface area contributed by atoms with Gasteiger partial charge in [-0.15, -0.1) is 10.2 Å². The molecule has 1 saturated carbocycles. The molecule has 1 spiro atoms. The topological polar surface area (TPSA) is 133 Å². The Kier molecular flexibility index (Phi) is 5.85. The van der Waals surface area contributed by atoms with Crippen molar-refractivity contribution in [2.45, 2.75) is 30.2 Å². The fourth-order valence-electron chi connectivity index (χ4n) is 4.27. The van der Waals surface area contributed by atoms with Gasteiger partial charge in [-0.3, -0.25) is 9.62 Å². The van der Waals surface area contributed by atoms with Gasteiger partial charge in [0.15, 0.2) is 28.4 Å². The number of aromatic nitrogens is 3. The zero-order valence-corrected chi connectivity index (χ0v) is 20.9. The van der Waals surface area contributed by atoms with Crippen LogP contribution >= 0.6 is 11.6 Å². The molecule has 11 nitrogen and oxygen atoms in total. The van der Waals surface area contributed by atoms with Crippen molar-refractivity contribution >= 4 is 33.5 Å². The summed E-state index contributed by atoms with van der Waals surface area (Å²) in [6.07, 6.45) is 1.39. The minimum atomic E-state index is -3.76. The van der Waals surface area contributed by atoms with E-state index in [-0.39, 0.29) is 47.9 Å². The molecule has 0 radical (unpaired) electrons. The van der Waals surface area contributed by atoms with Crippen LogP contribution in [0.25, 0.3) is 0 Å². The van der Waals surface area contributed by atoms with Crippen LogP contribution in [0.3, 0.4) is 0 Å². The second-order valence-electron chi connectivity index (χ2n) is 9.03. The Morgan fingerprint density at radius 1 is 1.18 bits per heavy atom. The number of pyridine rings is 1. The van der Waals surface area contributed by atoms with Crippen molar-refractivity contribution in [2.24, 2.45) is 0 Å². The summed E-state index contributed by atoms with van der Waals surface area (Å²) in [7, 11) is -3.76. The van der Waals surface area contributed by atoms with Crippen LogP contribution in [-0.2, 0) is 26.8 Å². The zero-order chi connectivity index (χ0) is 26.7. The Hall–Kier alpha value is -3.62. The lowest BCUT2D eigenvalue weighted by atomic mass is 9.84. The van der Waals surface area contributed by atoms with Crippen LogP contribution < -0.4 is 14.2 Å². The minimum Gasteiger partial charge on any atom is -0.434 e. The first kappa shape index (κ1) is 24.7. The number of sulfonamides is 1. The molecule has 1 aromatic carbocycles. The number of anilines is 1. The van der Waals surface area contributed by atoms with E-state index in [0.29, 0.717) is 18.4 Å². The van der Waals surface area contributed by atoms with Gasteiger partial charge >= 0.3 is 6.09 Å². The molecule has 4 heterocycles. The summed E-state index contributed by atoms with van der Waals surface area (Å²) >= 11 is 5.71. The number of fused-ring (bicyclic) bond motifs is 2. The number of carbonyl (C=O) groups is 1. The van der Waals surface area contributed by atoms with E-state index < -0.39 is 44.4 Å². The van der Waals surface area contributed by atoms with E-state index in [4.69, 9.17) is 25.8 Å². The third-order valence-electron chi connectivity index (χ3n) is 6.47. The zero-order valence-electron chi connectivity index (χ0n) is 19.4. The first-order valence-corrected chi connectivity index (χ1v) is 13.3. The normalized spacial score (nSPS) is 18.0. The minimum absolute atomic E-state index is 0.00523. The molecule has 15 heteroatoms. The number of amides is 1. The Labute approximate surface area is 219 Å². The third-order valence-corrected chi connectivity index (χ3v) is 8.50. The van der Waals surface area contributed by atoms with Crippen LogP contribution in [-0.4, -0.2) is 53.1 Å². The Bertz CT molecular complexity index is 1550. The molecular weight excluding hydrogens is 548 g/mol. The molecular formula is C23H18ClF2N5O6S. The van der Waals surface area contributed by atoms with Crippen molar-refractivity contribution in [1.29, 1.82) is 0 Å². The van der Waals surface area contributed by atoms with Crippen molar-refractivity contribution in [3.05, 3.63) is 64.4 Å². The van der Waals surface area contributed by atoms with Crippen molar-refractivity contribution in [1.82, 2.24) is 20.1 Å². The summed E-state index contributed by atoms with van der Waals surface area (Å²) in [6, 6.07) is 6.51. The molecule has 1 amide bonds. The standard InChI is InChI=1S/C23H18ClF2N5O6S/c24-18-3-4-19(29-28-18)36-17-8-16-14(7-15(17)25)23(10-35-11-23)31(22(32)37-16)9-12-5-6-27-21(20(12)26)30-38(33,34)13-1-2-13/h3-8,13H,1-2,9-11H2,(H,27,30). The summed E-state index contributed by atoms with van der Waals surface area (Å²) < 4.78 is 73.4. The van der Waals surface area contributed by atoms with Gasteiger partial charge in [0.25, 0.3) is 0 Å². The maximum absolute atomic E-state index is 15.3. The number of benzene rings is 1. The smallest absolute Gasteiger partial charge is 0.416 e. The predicted octanol–water partition coefficient (Wildman–Crippen LogP) is 3.74. The predicted molar refractivity (Wildman–Crippen MR) is 127 cm³/mol. The van der Waals surface area contributed by atoms with Crippen LogP contribution in [0.2, 0.25) is 5.15 Å². The van der Waals surface area contributed by atoms with E-state index in [0.717, 1.165) is 6.07 Å². The molecule has 0 unspecified atom stereocenters. The van der Waals surface area contributed by atoms with E-state index in [1.54, 1.807) is 0 Å². The molecule has 38 heavy (non-hydrogen) atoms. The lowest BCUT2D eigenvalue weighted by molar-refractivity contribution is -0.143. The highest BCUT2D eigenvalue weighted by molar-refractivity contribution is 7.93. The van der Waals surface area contributed by atoms with Gasteiger partial charge in [-0.05, 0) is 31.0 Å². The third kappa shape index (κ3) is 4.27. The van der Waals surface area contributed by atoms with E-state index in [1.807, 2.05) is 0 Å². The molecule has 3 aliphatic rings. The molecule has 3 aromatic rings. The maximum Gasteiger partial charge on any atom is 0.416 e. The van der Waals surface area contributed by atoms with E-state index in [9.17, 15) is 13.2 Å². The maximum atomic E-state index is 15.3. The van der Waals surface area contributed by atoms with Crippen LogP contribution in [0.4, 0.5) is 19.4 Å². The number of rotatable bonds is 7. The molecule has 0 bridgehead atoms. The molecule has 1 saturated heterocycles. The number of ether oxygens (including phenoxy) is 3. The van der Waals surface area contributed by atoms with Crippen molar-refractivity contribution in [2.75, 3.05) is 17.9 Å². The SMILES string of the molecule is O=C1Oc2cc(Oc3ccc(Cl)nn3)c(F)cc2C2(COC2)N1Cc1ccnc(NS(=O)(=O)C2CC2)c1F. The Morgan fingerprint density at radius 3 is 2.63 bits per heavy atom. The van der Waals surface area contributed by atoms with Gasteiger partial charge in [0, 0.05) is 29.5 Å². The summed E-state index contributed by atoms with van der Waals surface area (Å²) in [5, 5.41) is 6.90. The summed E-state index contributed by atoms with van der Waals surface area (Å²) in [5.41, 5.74) is -0.852. The van der Waals surface area contributed by atoms with Crippen LogP contribution in [0.1, 0.15) is 24.0 Å². The summed E-state index contributed by atoms with van der Waals surface area (Å²) in [5.74, 6) is -2.40. The second-order valence-corrected chi connectivity index (χ2v) is 11.4. The first-order valence-electron chi connectivity index (χ1n) is 11.4. The lowest BCUT2D eigenvalue weighted by Gasteiger charge is -2.51. The lowest BCUT2D eigenvalue weighted by Crippen LogP contribution is -2.63. The van der Waals surface area contributed by atoms with Gasteiger partial charge < -0.3 is 14.2 Å². The molecule has 2 aromatic heterocycles. The highest BCUT2D eigenvalue weighted by Crippen LogP contribution is 2.47. The van der Waals surface area contributed by atoms with E-state index >= 15 is 8.78 Å². The van der Waals surface area contributed by atoms with Gasteiger partial charge in [0.05, 0.1) is 25.0 Å². The first-order chi connectivity index (χ1) is 18.2. The number of nitrogens with one attached hydrogen (secondary N) is 1. The summed E-state index contributed by atoms with van der Waals surface area (Å²) in [6.45, 7) is -0.301. The van der Waals surface area contributed by atoms with Crippen LogP contribution in [0, 0.1) is 11.6 Å². The van der Waals surface area contributed by atoms with Crippen molar-refractivity contribution < 1.29 is 36.2 Å². The molecule has 198 valence electrons. The molecule has 6 rings (SSSR count). The molecule has 1 N–H and O–H groups in total. The Balaban J connectivity index is 1.30. The second kappa shape index (κ2) is 8.99. The summed E-state index contributed by atoms with van der Waals surface area (Å²) in [4.78, 5) is 18.1. The largest absolute Gasteiger partial charge is 0.434 e. The number of carbonyl (C=O) groups excluding carboxylic acids is 1. The number of hydrogen-bond acceptors (Lipinski definition) is 9. The van der Waals surface area contributed by atoms with Crippen LogP contribution in [0.15, 0.2) is 36.5 Å². The highest BCUT2D eigenvalue weighted by Gasteiger charge is 2.54. The fraction of sp³-hybridized carbons (Fsp3) is 0.304. The van der Waals surface area contributed by atoms with Crippen molar-refractivity contribution in [3.8, 4) is 17.4 Å². The fourth-order valence-corrected chi connectivity index (χ4v) is 5.70. The monoisotopic (exact) mass is 565 g/mol. The van der Waals surface area contributed by atoms with E-state index in [1.165, 1.54) is 35.4 Å². The van der Waals surface area contributed by atoms with Gasteiger partial charge in [-0.2, -0.15) is 0 Å². The molecule has 2 aliphatic heterocycles. The number of halogens is 3.